The number of halogens is 4. The Hall–Kier alpha value is -3.96. The summed E-state index contributed by atoms with van der Waals surface area (Å²) in [6.45, 7) is 0. The average molecular weight is 556 g/mol. The van der Waals surface area contributed by atoms with E-state index in [0.29, 0.717) is 27.0 Å². The molecule has 1 amide bonds. The van der Waals surface area contributed by atoms with Crippen molar-refractivity contribution in [2.24, 2.45) is 0 Å². The van der Waals surface area contributed by atoms with Crippen LogP contribution >= 0.6 is 23.1 Å². The lowest BCUT2D eigenvalue weighted by Gasteiger charge is -2.14. The summed E-state index contributed by atoms with van der Waals surface area (Å²) in [7, 11) is 0. The summed E-state index contributed by atoms with van der Waals surface area (Å²) in [5.74, 6) is -1.37. The summed E-state index contributed by atoms with van der Waals surface area (Å²) in [6, 6.07) is 19.2. The molecule has 3 aromatic carbocycles. The zero-order chi connectivity index (χ0) is 26.9. The lowest BCUT2D eigenvalue weighted by Crippen LogP contribution is -2.23. The second kappa shape index (κ2) is 10.4. The number of alkyl halides is 3. The minimum absolute atomic E-state index is 0.209. The van der Waals surface area contributed by atoms with Gasteiger partial charge in [0, 0.05) is 10.9 Å². The molecule has 38 heavy (non-hydrogen) atoms. The van der Waals surface area contributed by atoms with Gasteiger partial charge in [-0.15, -0.1) is 11.3 Å². The second-order valence-electron chi connectivity index (χ2n) is 8.09. The van der Waals surface area contributed by atoms with Gasteiger partial charge >= 0.3 is 6.18 Å². The van der Waals surface area contributed by atoms with Gasteiger partial charge in [0.1, 0.15) is 10.6 Å². The van der Waals surface area contributed by atoms with E-state index in [1.165, 1.54) is 46.2 Å². The number of hydrogen-bond acceptors (Lipinski definition) is 5. The molecule has 0 aliphatic carbocycles. The maximum absolute atomic E-state index is 13.8. The van der Waals surface area contributed by atoms with E-state index < -0.39 is 23.5 Å². The standard InChI is InChI=1S/C27H17F4N3O2S2/c28-17-12-10-16(11-13-17)19-14-37-24-23(19)25(36)34(18-6-2-1-3-7-18)26(33-24)38-15-22(35)32-21-9-5-4-8-20(21)27(29,30)31/h1-14H,15H2,(H,32,35). The van der Waals surface area contributed by atoms with Gasteiger partial charge in [0.15, 0.2) is 5.16 Å². The van der Waals surface area contributed by atoms with E-state index >= 15 is 0 Å². The maximum Gasteiger partial charge on any atom is 0.418 e. The Morgan fingerprint density at radius 3 is 2.37 bits per heavy atom. The minimum atomic E-state index is -4.63. The molecule has 5 rings (SSSR count). The van der Waals surface area contributed by atoms with E-state index in [1.807, 2.05) is 0 Å². The highest BCUT2D eigenvalue weighted by Crippen LogP contribution is 2.35. The molecular weight excluding hydrogens is 538 g/mol. The molecule has 11 heteroatoms. The number of aromatic nitrogens is 2. The third kappa shape index (κ3) is 5.20. The molecule has 0 bridgehead atoms. The van der Waals surface area contributed by atoms with Gasteiger partial charge in [-0.1, -0.05) is 54.2 Å². The summed E-state index contributed by atoms with van der Waals surface area (Å²) in [6.07, 6.45) is -4.63. The van der Waals surface area contributed by atoms with Crippen molar-refractivity contribution in [3.8, 4) is 16.8 Å². The predicted molar refractivity (Wildman–Crippen MR) is 141 cm³/mol. The first kappa shape index (κ1) is 25.7. The van der Waals surface area contributed by atoms with Crippen molar-refractivity contribution >= 4 is 44.9 Å². The zero-order valence-corrected chi connectivity index (χ0v) is 21.0. The van der Waals surface area contributed by atoms with Gasteiger partial charge in [0.05, 0.1) is 28.1 Å². The van der Waals surface area contributed by atoms with Crippen LogP contribution in [0.15, 0.2) is 94.2 Å². The Balaban J connectivity index is 1.51. The molecule has 0 radical (unpaired) electrons. The Morgan fingerprint density at radius 2 is 1.66 bits per heavy atom. The smallest absolute Gasteiger partial charge is 0.325 e. The normalized spacial score (nSPS) is 11.6. The number of hydrogen-bond donors (Lipinski definition) is 1. The van der Waals surface area contributed by atoms with E-state index in [1.54, 1.807) is 47.8 Å². The topological polar surface area (TPSA) is 64.0 Å². The molecule has 2 aromatic heterocycles. The SMILES string of the molecule is O=C(CSc1nc2scc(-c3ccc(F)cc3)c2c(=O)n1-c1ccccc1)Nc1ccccc1C(F)(F)F. The van der Waals surface area contributed by atoms with Gasteiger partial charge in [-0.25, -0.2) is 9.37 Å². The Kier molecular flexibility index (Phi) is 7.04. The highest BCUT2D eigenvalue weighted by molar-refractivity contribution is 7.99. The molecule has 5 aromatic rings. The predicted octanol–water partition coefficient (Wildman–Crippen LogP) is 7.00. The lowest BCUT2D eigenvalue weighted by atomic mass is 10.1. The number of thiophene rings is 1. The van der Waals surface area contributed by atoms with Crippen LogP contribution in [0.3, 0.4) is 0 Å². The van der Waals surface area contributed by atoms with Gasteiger partial charge in [0.2, 0.25) is 5.91 Å². The molecule has 5 nitrogen and oxygen atoms in total. The molecule has 0 spiro atoms. The van der Waals surface area contributed by atoms with Crippen LogP contribution in [0.25, 0.3) is 27.0 Å². The van der Waals surface area contributed by atoms with Gasteiger partial charge in [-0.2, -0.15) is 13.2 Å². The number of fused-ring (bicyclic) bond motifs is 1. The molecule has 0 unspecified atom stereocenters. The number of carbonyl (C=O) groups excluding carboxylic acids is 1. The molecule has 0 aliphatic heterocycles. The number of benzene rings is 3. The first-order valence-electron chi connectivity index (χ1n) is 11.2. The van der Waals surface area contributed by atoms with Crippen LogP contribution in [0, 0.1) is 5.82 Å². The number of nitrogens with one attached hydrogen (secondary N) is 1. The largest absolute Gasteiger partial charge is 0.418 e. The van der Waals surface area contributed by atoms with Crippen LogP contribution in [-0.4, -0.2) is 21.2 Å². The van der Waals surface area contributed by atoms with Crippen molar-refractivity contribution in [1.82, 2.24) is 9.55 Å². The number of amides is 1. The van der Waals surface area contributed by atoms with Crippen molar-refractivity contribution in [3.63, 3.8) is 0 Å². The molecule has 0 saturated heterocycles. The highest BCUT2D eigenvalue weighted by Gasteiger charge is 2.33. The molecule has 0 saturated carbocycles. The molecule has 0 atom stereocenters. The summed E-state index contributed by atoms with van der Waals surface area (Å²) < 4.78 is 54.7. The molecule has 1 N–H and O–H groups in total. The number of para-hydroxylation sites is 2. The van der Waals surface area contributed by atoms with Crippen LogP contribution < -0.4 is 10.9 Å². The van der Waals surface area contributed by atoms with E-state index in [0.717, 1.165) is 17.8 Å². The summed E-state index contributed by atoms with van der Waals surface area (Å²) in [4.78, 5) is 31.5. The van der Waals surface area contributed by atoms with E-state index in [4.69, 9.17) is 0 Å². The molecular formula is C27H17F4N3O2S2. The van der Waals surface area contributed by atoms with Crippen molar-refractivity contribution in [2.75, 3.05) is 11.1 Å². The Bertz CT molecular complexity index is 1680. The molecule has 0 aliphatic rings. The average Bonchev–Trinajstić information content (AvgIpc) is 3.32. The monoisotopic (exact) mass is 555 g/mol. The van der Waals surface area contributed by atoms with Crippen LogP contribution in [0.2, 0.25) is 0 Å². The molecule has 0 fully saturated rings. The Labute approximate surface area is 221 Å². The fourth-order valence-electron chi connectivity index (χ4n) is 3.87. The van der Waals surface area contributed by atoms with Crippen LogP contribution in [-0.2, 0) is 11.0 Å². The summed E-state index contributed by atoms with van der Waals surface area (Å²) in [5, 5.41) is 4.62. The van der Waals surface area contributed by atoms with Crippen molar-refractivity contribution < 1.29 is 22.4 Å². The fraction of sp³-hybridized carbons (Fsp3) is 0.0741. The van der Waals surface area contributed by atoms with Gasteiger partial charge < -0.3 is 5.32 Å². The number of thioether (sulfide) groups is 1. The third-order valence-corrected chi connectivity index (χ3v) is 7.40. The van der Waals surface area contributed by atoms with Crippen LogP contribution in [0.4, 0.5) is 23.2 Å². The number of nitrogens with zero attached hydrogens (tertiary/aromatic N) is 2. The van der Waals surface area contributed by atoms with Crippen molar-refractivity contribution in [1.29, 1.82) is 0 Å². The number of anilines is 1. The highest BCUT2D eigenvalue weighted by atomic mass is 32.2. The van der Waals surface area contributed by atoms with E-state index in [9.17, 15) is 27.2 Å². The number of carbonyl (C=O) groups is 1. The molecule has 192 valence electrons. The minimum Gasteiger partial charge on any atom is -0.325 e. The summed E-state index contributed by atoms with van der Waals surface area (Å²) in [5.41, 5.74) is 0.0766. The Morgan fingerprint density at radius 1 is 0.974 bits per heavy atom. The third-order valence-electron chi connectivity index (χ3n) is 5.59. The van der Waals surface area contributed by atoms with Crippen molar-refractivity contribution in [2.45, 2.75) is 11.3 Å². The molecule has 2 heterocycles. The zero-order valence-electron chi connectivity index (χ0n) is 19.3. The quantitative estimate of drug-likeness (QED) is 0.139. The van der Waals surface area contributed by atoms with E-state index in [2.05, 4.69) is 10.3 Å². The first-order chi connectivity index (χ1) is 18.2. The fourth-order valence-corrected chi connectivity index (χ4v) is 5.67. The van der Waals surface area contributed by atoms with Crippen LogP contribution in [0.5, 0.6) is 0 Å². The first-order valence-corrected chi connectivity index (χ1v) is 13.0. The second-order valence-corrected chi connectivity index (χ2v) is 9.89. The van der Waals surface area contributed by atoms with Crippen molar-refractivity contribution in [3.05, 3.63) is 106 Å². The van der Waals surface area contributed by atoms with Gasteiger partial charge in [-0.3, -0.25) is 14.2 Å². The van der Waals surface area contributed by atoms with Gasteiger partial charge in [-0.05, 0) is 42.0 Å². The number of rotatable bonds is 6. The van der Waals surface area contributed by atoms with Gasteiger partial charge in [0.25, 0.3) is 5.56 Å². The summed E-state index contributed by atoms with van der Waals surface area (Å²) >= 11 is 2.16. The lowest BCUT2D eigenvalue weighted by molar-refractivity contribution is -0.137. The van der Waals surface area contributed by atoms with E-state index in [-0.39, 0.29) is 22.2 Å². The van der Waals surface area contributed by atoms with Crippen LogP contribution in [0.1, 0.15) is 5.56 Å². The maximum atomic E-state index is 13.8.